The van der Waals surface area contributed by atoms with Gasteiger partial charge in [0, 0.05) is 17.6 Å². The van der Waals surface area contributed by atoms with Crippen LogP contribution in [0.25, 0.3) is 5.65 Å². The summed E-state index contributed by atoms with van der Waals surface area (Å²) in [4.78, 5) is 17.3. The molecular formula is C19H19N3O. The molecule has 0 saturated carbocycles. The first kappa shape index (κ1) is 14.0. The van der Waals surface area contributed by atoms with Gasteiger partial charge in [0.25, 0.3) is 5.91 Å². The molecule has 116 valence electrons. The number of nitrogens with one attached hydrogen (secondary N) is 1. The molecule has 4 rings (SSSR count). The predicted molar refractivity (Wildman–Crippen MR) is 89.6 cm³/mol. The largest absolute Gasteiger partial charge is 0.345 e. The molecule has 0 bridgehead atoms. The van der Waals surface area contributed by atoms with Crippen molar-refractivity contribution >= 4 is 11.6 Å². The molecule has 1 amide bonds. The van der Waals surface area contributed by atoms with E-state index in [4.69, 9.17) is 0 Å². The standard InChI is InChI=1S/C19H19N3O/c1-12-11-13(2)22-10-9-16(18(22)20-12)19(23)21-17-8-7-14-5-3-4-6-15(14)17/h3-6,9-11,17H,7-8H2,1-2H3,(H,21,23)/t17-/m0/s1. The maximum absolute atomic E-state index is 12.7. The van der Waals surface area contributed by atoms with Crippen LogP contribution in [-0.4, -0.2) is 15.3 Å². The molecule has 0 radical (unpaired) electrons. The van der Waals surface area contributed by atoms with Crippen LogP contribution in [0.3, 0.4) is 0 Å². The van der Waals surface area contributed by atoms with Crippen LogP contribution >= 0.6 is 0 Å². The van der Waals surface area contributed by atoms with Gasteiger partial charge in [-0.1, -0.05) is 24.3 Å². The number of amides is 1. The van der Waals surface area contributed by atoms with Crippen molar-refractivity contribution in [2.45, 2.75) is 32.7 Å². The Morgan fingerprint density at radius 1 is 1.26 bits per heavy atom. The van der Waals surface area contributed by atoms with Crippen molar-refractivity contribution in [1.82, 2.24) is 14.7 Å². The summed E-state index contributed by atoms with van der Waals surface area (Å²) in [6, 6.07) is 12.3. The van der Waals surface area contributed by atoms with Gasteiger partial charge in [-0.3, -0.25) is 4.79 Å². The molecule has 4 heteroatoms. The Morgan fingerprint density at radius 3 is 2.96 bits per heavy atom. The van der Waals surface area contributed by atoms with Gasteiger partial charge < -0.3 is 9.72 Å². The van der Waals surface area contributed by atoms with Crippen LogP contribution < -0.4 is 5.32 Å². The molecule has 0 aliphatic heterocycles. The monoisotopic (exact) mass is 305 g/mol. The van der Waals surface area contributed by atoms with Crippen molar-refractivity contribution in [2.24, 2.45) is 0 Å². The Labute approximate surface area is 135 Å². The highest BCUT2D eigenvalue weighted by atomic mass is 16.1. The molecule has 0 spiro atoms. The summed E-state index contributed by atoms with van der Waals surface area (Å²) >= 11 is 0. The van der Waals surface area contributed by atoms with Crippen LogP contribution in [0.5, 0.6) is 0 Å². The second-order valence-electron chi connectivity index (χ2n) is 6.23. The molecular weight excluding hydrogens is 286 g/mol. The molecule has 23 heavy (non-hydrogen) atoms. The molecule has 1 aliphatic rings. The fraction of sp³-hybridized carbons (Fsp3) is 0.263. The fourth-order valence-corrected chi connectivity index (χ4v) is 3.51. The number of carbonyl (C=O) groups is 1. The van der Waals surface area contributed by atoms with Gasteiger partial charge in [0.05, 0.1) is 11.6 Å². The first-order chi connectivity index (χ1) is 11.1. The van der Waals surface area contributed by atoms with Crippen LogP contribution in [0.4, 0.5) is 0 Å². The fourth-order valence-electron chi connectivity index (χ4n) is 3.51. The van der Waals surface area contributed by atoms with Gasteiger partial charge >= 0.3 is 0 Å². The van der Waals surface area contributed by atoms with Gasteiger partial charge in [0.1, 0.15) is 5.65 Å². The van der Waals surface area contributed by atoms with Crippen molar-refractivity contribution in [2.75, 3.05) is 0 Å². The number of rotatable bonds is 2. The van der Waals surface area contributed by atoms with Crippen molar-refractivity contribution in [3.05, 3.63) is 70.7 Å². The Morgan fingerprint density at radius 2 is 2.09 bits per heavy atom. The topological polar surface area (TPSA) is 46.4 Å². The molecule has 1 aromatic carbocycles. The lowest BCUT2D eigenvalue weighted by Crippen LogP contribution is -2.27. The quantitative estimate of drug-likeness (QED) is 0.789. The zero-order valence-electron chi connectivity index (χ0n) is 13.3. The highest BCUT2D eigenvalue weighted by Crippen LogP contribution is 2.31. The number of carbonyl (C=O) groups excluding carboxylic acids is 1. The zero-order valence-corrected chi connectivity index (χ0v) is 13.3. The van der Waals surface area contributed by atoms with E-state index in [2.05, 4.69) is 28.5 Å². The van der Waals surface area contributed by atoms with Crippen LogP contribution in [0.2, 0.25) is 0 Å². The van der Waals surface area contributed by atoms with Gasteiger partial charge in [-0.2, -0.15) is 0 Å². The highest BCUT2D eigenvalue weighted by Gasteiger charge is 2.25. The molecule has 1 N–H and O–H groups in total. The summed E-state index contributed by atoms with van der Waals surface area (Å²) < 4.78 is 1.96. The van der Waals surface area contributed by atoms with Crippen molar-refractivity contribution < 1.29 is 4.79 Å². The second kappa shape index (κ2) is 5.23. The number of benzene rings is 1. The normalized spacial score (nSPS) is 16.5. The van der Waals surface area contributed by atoms with Crippen LogP contribution in [0.15, 0.2) is 42.6 Å². The van der Waals surface area contributed by atoms with E-state index in [0.717, 1.165) is 29.9 Å². The summed E-state index contributed by atoms with van der Waals surface area (Å²) in [6.45, 7) is 3.98. The minimum Gasteiger partial charge on any atom is -0.345 e. The van der Waals surface area contributed by atoms with E-state index < -0.39 is 0 Å². The van der Waals surface area contributed by atoms with Gasteiger partial charge in [-0.05, 0) is 49.9 Å². The minimum atomic E-state index is -0.0493. The predicted octanol–water partition coefficient (Wildman–Crippen LogP) is 3.37. The lowest BCUT2D eigenvalue weighted by molar-refractivity contribution is 0.0938. The highest BCUT2D eigenvalue weighted by molar-refractivity contribution is 6.00. The van der Waals surface area contributed by atoms with Crippen LogP contribution in [0.1, 0.15) is 45.3 Å². The molecule has 1 aliphatic carbocycles. The van der Waals surface area contributed by atoms with Crippen molar-refractivity contribution in [3.8, 4) is 0 Å². The average molecular weight is 305 g/mol. The van der Waals surface area contributed by atoms with Crippen LogP contribution in [0, 0.1) is 13.8 Å². The van der Waals surface area contributed by atoms with E-state index in [-0.39, 0.29) is 11.9 Å². The second-order valence-corrected chi connectivity index (χ2v) is 6.23. The summed E-state index contributed by atoms with van der Waals surface area (Å²) in [7, 11) is 0. The number of hydrogen-bond donors (Lipinski definition) is 1. The molecule has 2 heterocycles. The van der Waals surface area contributed by atoms with E-state index >= 15 is 0 Å². The Hall–Kier alpha value is -2.62. The Kier molecular flexibility index (Phi) is 3.18. The minimum absolute atomic E-state index is 0.0493. The first-order valence-electron chi connectivity index (χ1n) is 7.97. The third-order valence-corrected chi connectivity index (χ3v) is 4.62. The summed E-state index contributed by atoms with van der Waals surface area (Å²) in [6.07, 6.45) is 3.89. The van der Waals surface area contributed by atoms with Crippen LogP contribution in [-0.2, 0) is 6.42 Å². The lowest BCUT2D eigenvalue weighted by atomic mass is 10.1. The number of aromatic nitrogens is 2. The molecule has 0 unspecified atom stereocenters. The maximum atomic E-state index is 12.7. The molecule has 3 aromatic rings. The Bertz CT molecular complexity index is 910. The maximum Gasteiger partial charge on any atom is 0.255 e. The van der Waals surface area contributed by atoms with Crippen molar-refractivity contribution in [3.63, 3.8) is 0 Å². The number of nitrogens with zero attached hydrogens (tertiary/aromatic N) is 2. The number of hydrogen-bond acceptors (Lipinski definition) is 2. The molecule has 0 fully saturated rings. The summed E-state index contributed by atoms with van der Waals surface area (Å²) in [5.74, 6) is -0.0493. The van der Waals surface area contributed by atoms with E-state index in [0.29, 0.717) is 5.56 Å². The summed E-state index contributed by atoms with van der Waals surface area (Å²) in [5.41, 5.74) is 5.95. The van der Waals surface area contributed by atoms with Gasteiger partial charge in [-0.15, -0.1) is 0 Å². The van der Waals surface area contributed by atoms with E-state index in [1.165, 1.54) is 11.1 Å². The third kappa shape index (κ3) is 2.31. The van der Waals surface area contributed by atoms with E-state index in [9.17, 15) is 4.79 Å². The van der Waals surface area contributed by atoms with Gasteiger partial charge in [0.15, 0.2) is 0 Å². The molecule has 0 saturated heterocycles. The smallest absolute Gasteiger partial charge is 0.255 e. The first-order valence-corrected chi connectivity index (χ1v) is 7.97. The SMILES string of the molecule is Cc1cc(C)n2ccc(C(=O)N[C@H]3CCc4ccccc43)c2n1. The van der Waals surface area contributed by atoms with E-state index in [1.807, 2.05) is 42.6 Å². The molecule has 1 atom stereocenters. The molecule has 2 aromatic heterocycles. The van der Waals surface area contributed by atoms with Gasteiger partial charge in [-0.25, -0.2) is 4.98 Å². The zero-order chi connectivity index (χ0) is 16.0. The van der Waals surface area contributed by atoms with Gasteiger partial charge in [0.2, 0.25) is 0 Å². The average Bonchev–Trinajstić information content (AvgIpc) is 3.12. The Balaban J connectivity index is 1.66. The number of fused-ring (bicyclic) bond motifs is 2. The summed E-state index contributed by atoms with van der Waals surface area (Å²) in [5, 5.41) is 3.18. The van der Waals surface area contributed by atoms with Crippen molar-refractivity contribution in [1.29, 1.82) is 0 Å². The molecule has 4 nitrogen and oxygen atoms in total. The van der Waals surface area contributed by atoms with E-state index in [1.54, 1.807) is 0 Å². The third-order valence-electron chi connectivity index (χ3n) is 4.62. The lowest BCUT2D eigenvalue weighted by Gasteiger charge is -2.14. The number of aryl methyl sites for hydroxylation is 3.